The van der Waals surface area contributed by atoms with Crippen LogP contribution in [-0.2, 0) is 16.3 Å². The Balaban J connectivity index is 1.41. The van der Waals surface area contributed by atoms with E-state index in [2.05, 4.69) is 20.8 Å². The van der Waals surface area contributed by atoms with E-state index in [1.807, 2.05) is 23.6 Å². The molecule has 9 heteroatoms. The molecule has 1 aliphatic heterocycles. The molecule has 0 N–H and O–H groups in total. The van der Waals surface area contributed by atoms with Gasteiger partial charge < -0.3 is 4.90 Å². The normalized spacial score (nSPS) is 15.5. The van der Waals surface area contributed by atoms with E-state index in [1.54, 1.807) is 35.6 Å². The number of benzene rings is 2. The van der Waals surface area contributed by atoms with Crippen molar-refractivity contribution in [2.24, 2.45) is 0 Å². The number of sulfone groups is 1. The summed E-state index contributed by atoms with van der Waals surface area (Å²) in [7, 11) is -3.36. The molecule has 2 aromatic carbocycles. The number of aromatic nitrogens is 1. The highest BCUT2D eigenvalue weighted by atomic mass is 79.9. The van der Waals surface area contributed by atoms with Gasteiger partial charge in [0.25, 0.3) is 0 Å². The molecule has 30 heavy (non-hydrogen) atoms. The van der Waals surface area contributed by atoms with Gasteiger partial charge in [-0.05, 0) is 58.6 Å². The van der Waals surface area contributed by atoms with Crippen LogP contribution in [0.3, 0.4) is 0 Å². The van der Waals surface area contributed by atoms with Gasteiger partial charge in [0.1, 0.15) is 0 Å². The summed E-state index contributed by atoms with van der Waals surface area (Å²) in [6, 6.07) is 12.6. The van der Waals surface area contributed by atoms with Gasteiger partial charge in [0.05, 0.1) is 25.9 Å². The zero-order valence-corrected chi connectivity index (χ0v) is 20.6. The van der Waals surface area contributed by atoms with E-state index < -0.39 is 9.84 Å². The van der Waals surface area contributed by atoms with Gasteiger partial charge >= 0.3 is 0 Å². The highest BCUT2D eigenvalue weighted by Crippen LogP contribution is 2.32. The molecule has 0 radical (unpaired) electrons. The molecule has 1 aromatic heterocycles. The van der Waals surface area contributed by atoms with Gasteiger partial charge in [-0.2, -0.15) is 0 Å². The summed E-state index contributed by atoms with van der Waals surface area (Å²) < 4.78 is 26.7. The van der Waals surface area contributed by atoms with Crippen LogP contribution in [0.25, 0.3) is 0 Å². The van der Waals surface area contributed by atoms with Gasteiger partial charge in [-0.15, -0.1) is 11.3 Å². The topological polar surface area (TPSA) is 50.3 Å². The van der Waals surface area contributed by atoms with E-state index in [-0.39, 0.29) is 5.25 Å². The molecule has 1 saturated heterocycles. The van der Waals surface area contributed by atoms with Gasteiger partial charge in [-0.1, -0.05) is 41.4 Å². The average Bonchev–Trinajstić information content (AvgIpc) is 3.19. The number of hydrogen-bond acceptors (Lipinski definition) is 5. The van der Waals surface area contributed by atoms with Crippen LogP contribution < -0.4 is 4.90 Å². The molecule has 1 fully saturated rings. The first-order valence-electron chi connectivity index (χ1n) is 9.46. The number of rotatable bonds is 5. The van der Waals surface area contributed by atoms with Crippen LogP contribution in [-0.4, -0.2) is 31.7 Å². The smallest absolute Gasteiger partial charge is 0.185 e. The molecular weight excluding hydrogens is 527 g/mol. The standard InChI is InChI=1S/C21H19BrCl2N2O2S2/c22-17-3-1-2-4-20(17)30(27,28)16-7-9-26(10-8-16)21-25-15(13-29-21)11-14-5-6-18(23)19(24)12-14/h1-6,12-13,16H,7-11H2. The molecule has 0 spiro atoms. The molecule has 0 bridgehead atoms. The molecule has 4 rings (SSSR count). The Morgan fingerprint density at radius 3 is 2.53 bits per heavy atom. The molecule has 4 nitrogen and oxygen atoms in total. The van der Waals surface area contributed by atoms with Crippen LogP contribution in [0.2, 0.25) is 10.0 Å². The van der Waals surface area contributed by atoms with Crippen LogP contribution in [0.5, 0.6) is 0 Å². The maximum Gasteiger partial charge on any atom is 0.185 e. The number of hydrogen-bond donors (Lipinski definition) is 0. The van der Waals surface area contributed by atoms with Crippen molar-refractivity contribution in [2.75, 3.05) is 18.0 Å². The Morgan fingerprint density at radius 2 is 1.83 bits per heavy atom. The maximum absolute atomic E-state index is 13.0. The van der Waals surface area contributed by atoms with E-state index in [0.29, 0.717) is 51.8 Å². The third-order valence-corrected chi connectivity index (χ3v) is 10.2. The summed E-state index contributed by atoms with van der Waals surface area (Å²) in [6.07, 6.45) is 1.86. The minimum atomic E-state index is -3.36. The van der Waals surface area contributed by atoms with Gasteiger partial charge in [0.2, 0.25) is 0 Å². The first-order valence-corrected chi connectivity index (χ1v) is 13.4. The van der Waals surface area contributed by atoms with Crippen LogP contribution in [0.1, 0.15) is 24.1 Å². The zero-order valence-electron chi connectivity index (χ0n) is 15.9. The lowest BCUT2D eigenvalue weighted by Crippen LogP contribution is -2.39. The first-order chi connectivity index (χ1) is 14.3. The second kappa shape index (κ2) is 9.17. The van der Waals surface area contributed by atoms with Crippen LogP contribution in [0.15, 0.2) is 57.2 Å². The zero-order chi connectivity index (χ0) is 21.3. The third-order valence-electron chi connectivity index (χ3n) is 5.20. The second-order valence-electron chi connectivity index (χ2n) is 7.21. The van der Waals surface area contributed by atoms with Crippen LogP contribution in [0.4, 0.5) is 5.13 Å². The fraction of sp³-hybridized carbons (Fsp3) is 0.286. The Labute approximate surface area is 198 Å². The van der Waals surface area contributed by atoms with Crippen molar-refractivity contribution < 1.29 is 8.42 Å². The minimum absolute atomic E-state index is 0.372. The Kier molecular flexibility index (Phi) is 6.75. The molecule has 1 aliphatic rings. The fourth-order valence-electron chi connectivity index (χ4n) is 3.59. The number of anilines is 1. The van der Waals surface area contributed by atoms with Crippen molar-refractivity contribution in [1.82, 2.24) is 4.98 Å². The molecule has 0 saturated carbocycles. The van der Waals surface area contributed by atoms with Crippen molar-refractivity contribution >= 4 is 65.4 Å². The van der Waals surface area contributed by atoms with Crippen molar-refractivity contribution in [3.63, 3.8) is 0 Å². The number of thiazole rings is 1. The number of halogens is 3. The molecular formula is C21H19BrCl2N2O2S2. The highest BCUT2D eigenvalue weighted by molar-refractivity contribution is 9.10. The molecule has 158 valence electrons. The monoisotopic (exact) mass is 544 g/mol. The van der Waals surface area contributed by atoms with Gasteiger partial charge in [0.15, 0.2) is 15.0 Å². The number of piperidine rings is 1. The highest BCUT2D eigenvalue weighted by Gasteiger charge is 2.33. The lowest BCUT2D eigenvalue weighted by atomic mass is 10.1. The Morgan fingerprint density at radius 1 is 1.10 bits per heavy atom. The molecule has 0 unspecified atom stereocenters. The van der Waals surface area contributed by atoms with E-state index in [1.165, 1.54) is 0 Å². The first kappa shape index (κ1) is 22.1. The van der Waals surface area contributed by atoms with Crippen molar-refractivity contribution in [1.29, 1.82) is 0 Å². The van der Waals surface area contributed by atoms with Gasteiger partial charge in [0, 0.05) is 29.4 Å². The molecule has 0 aliphatic carbocycles. The average molecular weight is 546 g/mol. The minimum Gasteiger partial charge on any atom is -0.348 e. The summed E-state index contributed by atoms with van der Waals surface area (Å²) in [5, 5.41) is 3.68. The summed E-state index contributed by atoms with van der Waals surface area (Å²) in [5.41, 5.74) is 2.02. The Hall–Kier alpha value is -1.12. The predicted molar refractivity (Wildman–Crippen MR) is 128 cm³/mol. The third kappa shape index (κ3) is 4.70. The molecule has 3 aromatic rings. The fourth-order valence-corrected chi connectivity index (χ4v) is 7.55. The van der Waals surface area contributed by atoms with Crippen molar-refractivity contribution in [3.05, 3.63) is 73.6 Å². The van der Waals surface area contributed by atoms with Gasteiger partial charge in [-0.3, -0.25) is 0 Å². The quantitative estimate of drug-likeness (QED) is 0.380. The largest absolute Gasteiger partial charge is 0.348 e. The van der Waals surface area contributed by atoms with E-state index in [0.717, 1.165) is 16.4 Å². The van der Waals surface area contributed by atoms with Gasteiger partial charge in [-0.25, -0.2) is 13.4 Å². The molecule has 0 amide bonds. The van der Waals surface area contributed by atoms with E-state index in [4.69, 9.17) is 28.2 Å². The summed E-state index contributed by atoms with van der Waals surface area (Å²) in [6.45, 7) is 1.35. The van der Waals surface area contributed by atoms with Crippen molar-refractivity contribution in [2.45, 2.75) is 29.4 Å². The Bertz CT molecular complexity index is 1160. The van der Waals surface area contributed by atoms with Crippen LogP contribution >= 0.6 is 50.5 Å². The summed E-state index contributed by atoms with van der Waals surface area (Å²) in [4.78, 5) is 7.30. The predicted octanol–water partition coefficient (Wildman–Crippen LogP) is 6.25. The molecule has 2 heterocycles. The lowest BCUT2D eigenvalue weighted by molar-refractivity contribution is 0.529. The van der Waals surface area contributed by atoms with Crippen molar-refractivity contribution in [3.8, 4) is 0 Å². The summed E-state index contributed by atoms with van der Waals surface area (Å²) in [5.74, 6) is 0. The molecule has 0 atom stereocenters. The lowest BCUT2D eigenvalue weighted by Gasteiger charge is -2.31. The maximum atomic E-state index is 13.0. The number of nitrogens with zero attached hydrogens (tertiary/aromatic N) is 2. The van der Waals surface area contributed by atoms with Crippen LogP contribution in [0, 0.1) is 0 Å². The second-order valence-corrected chi connectivity index (χ2v) is 11.9. The summed E-state index contributed by atoms with van der Waals surface area (Å²) >= 11 is 17.0. The van der Waals surface area contributed by atoms with E-state index >= 15 is 0 Å². The SMILES string of the molecule is O=S(=O)(c1ccccc1Br)C1CCN(c2nc(Cc3ccc(Cl)c(Cl)c3)cs2)CC1. The van der Waals surface area contributed by atoms with E-state index in [9.17, 15) is 8.42 Å².